The minimum atomic E-state index is -4.68. The first-order valence-corrected chi connectivity index (χ1v) is 8.96. The van der Waals surface area contributed by atoms with Crippen molar-refractivity contribution in [1.29, 1.82) is 0 Å². The molecule has 0 saturated carbocycles. The van der Waals surface area contributed by atoms with E-state index in [0.29, 0.717) is 6.07 Å². The minimum Gasteiger partial charge on any atom is -0.397 e. The molecule has 26 heavy (non-hydrogen) atoms. The number of nitrogen functional groups attached to an aromatic ring is 1. The molecule has 0 fully saturated rings. The number of Topliss-reactive ketones (excluding diaryl/α,β-unsaturated/α-hetero) is 1. The SMILES string of the molecule is C[C@@H]1CC(=O)c2ncc(N)cc2N1S(=O)(=O)c1cccc(C(F)(F)F)c1. The van der Waals surface area contributed by atoms with Gasteiger partial charge in [-0.1, -0.05) is 6.07 Å². The average Bonchev–Trinajstić information content (AvgIpc) is 2.53. The molecule has 0 radical (unpaired) electrons. The molecule has 1 aliphatic heterocycles. The summed E-state index contributed by atoms with van der Waals surface area (Å²) >= 11 is 0. The number of sulfonamides is 1. The topological polar surface area (TPSA) is 93.4 Å². The monoisotopic (exact) mass is 385 g/mol. The Balaban J connectivity index is 2.18. The molecule has 0 amide bonds. The zero-order valence-electron chi connectivity index (χ0n) is 13.5. The number of fused-ring (bicyclic) bond motifs is 1. The first-order chi connectivity index (χ1) is 12.0. The summed E-state index contributed by atoms with van der Waals surface area (Å²) in [5.74, 6) is -0.358. The highest BCUT2D eigenvalue weighted by atomic mass is 32.2. The molecule has 0 spiro atoms. The van der Waals surface area contributed by atoms with Gasteiger partial charge in [-0.2, -0.15) is 13.2 Å². The van der Waals surface area contributed by atoms with Crippen molar-refractivity contribution in [3.05, 3.63) is 47.8 Å². The van der Waals surface area contributed by atoms with Crippen LogP contribution in [-0.2, 0) is 16.2 Å². The van der Waals surface area contributed by atoms with Crippen molar-refractivity contribution in [2.45, 2.75) is 30.5 Å². The molecule has 1 aromatic carbocycles. The lowest BCUT2D eigenvalue weighted by Crippen LogP contribution is -2.44. The Bertz CT molecular complexity index is 990. The predicted molar refractivity (Wildman–Crippen MR) is 88.2 cm³/mol. The van der Waals surface area contributed by atoms with Gasteiger partial charge in [-0.05, 0) is 31.2 Å². The number of hydrogen-bond donors (Lipinski definition) is 1. The Morgan fingerprint density at radius 2 is 1.96 bits per heavy atom. The standard InChI is InChI=1S/C16H14F3N3O3S/c1-9-5-14(23)15-13(7-11(20)8-21-15)22(9)26(24,25)12-4-2-3-10(6-12)16(17,18)19/h2-4,6-9H,5,20H2,1H3/t9-/m1/s1. The van der Waals surface area contributed by atoms with E-state index in [4.69, 9.17) is 5.73 Å². The zero-order chi connectivity index (χ0) is 19.3. The predicted octanol–water partition coefficient (Wildman–Crippen LogP) is 2.85. The lowest BCUT2D eigenvalue weighted by atomic mass is 10.0. The number of rotatable bonds is 2. The van der Waals surface area contributed by atoms with Gasteiger partial charge in [-0.25, -0.2) is 13.4 Å². The quantitative estimate of drug-likeness (QED) is 0.858. The van der Waals surface area contributed by atoms with Crippen LogP contribution < -0.4 is 10.0 Å². The van der Waals surface area contributed by atoms with E-state index < -0.39 is 32.7 Å². The zero-order valence-corrected chi connectivity index (χ0v) is 14.3. The molecular weight excluding hydrogens is 371 g/mol. The van der Waals surface area contributed by atoms with Crippen LogP contribution in [0, 0.1) is 0 Å². The van der Waals surface area contributed by atoms with Crippen LogP contribution in [0.3, 0.4) is 0 Å². The number of aromatic nitrogens is 1. The van der Waals surface area contributed by atoms with Gasteiger partial charge in [0.05, 0.1) is 34.1 Å². The van der Waals surface area contributed by atoms with Crippen LogP contribution in [0.1, 0.15) is 29.4 Å². The van der Waals surface area contributed by atoms with Crippen molar-refractivity contribution >= 4 is 27.2 Å². The number of pyridine rings is 1. The van der Waals surface area contributed by atoms with E-state index in [-0.39, 0.29) is 29.3 Å². The Kier molecular flexibility index (Phi) is 4.18. The van der Waals surface area contributed by atoms with E-state index in [1.54, 1.807) is 0 Å². The Morgan fingerprint density at radius 3 is 2.62 bits per heavy atom. The molecule has 2 N–H and O–H groups in total. The molecule has 2 heterocycles. The van der Waals surface area contributed by atoms with Crippen molar-refractivity contribution in [3.8, 4) is 0 Å². The smallest absolute Gasteiger partial charge is 0.397 e. The number of carbonyl (C=O) groups excluding carboxylic acids is 1. The van der Waals surface area contributed by atoms with E-state index in [2.05, 4.69) is 4.98 Å². The van der Waals surface area contributed by atoms with Crippen molar-refractivity contribution in [2.75, 3.05) is 10.0 Å². The van der Waals surface area contributed by atoms with Gasteiger partial charge < -0.3 is 5.73 Å². The second kappa shape index (κ2) is 5.97. The summed E-state index contributed by atoms with van der Waals surface area (Å²) in [6.07, 6.45) is -3.59. The summed E-state index contributed by atoms with van der Waals surface area (Å²) in [7, 11) is -4.36. The fourth-order valence-corrected chi connectivity index (χ4v) is 4.55. The molecule has 6 nitrogen and oxygen atoms in total. The van der Waals surface area contributed by atoms with E-state index >= 15 is 0 Å². The second-order valence-corrected chi connectivity index (χ2v) is 7.75. The summed E-state index contributed by atoms with van der Waals surface area (Å²) in [4.78, 5) is 15.5. The van der Waals surface area contributed by atoms with Gasteiger partial charge in [0.2, 0.25) is 0 Å². The summed E-state index contributed by atoms with van der Waals surface area (Å²) in [5.41, 5.74) is 4.60. The van der Waals surface area contributed by atoms with Crippen LogP contribution in [0.5, 0.6) is 0 Å². The van der Waals surface area contributed by atoms with Crippen LogP contribution in [-0.4, -0.2) is 25.2 Å². The molecular formula is C16H14F3N3O3S. The third-order valence-electron chi connectivity index (χ3n) is 3.99. The number of ketones is 1. The summed E-state index contributed by atoms with van der Waals surface area (Å²) in [6.45, 7) is 1.50. The van der Waals surface area contributed by atoms with E-state index in [0.717, 1.165) is 22.5 Å². The number of carbonyl (C=O) groups is 1. The molecule has 0 saturated heterocycles. The van der Waals surface area contributed by atoms with Gasteiger partial charge >= 0.3 is 6.18 Å². The van der Waals surface area contributed by atoms with Gasteiger partial charge in [0.15, 0.2) is 5.78 Å². The number of hydrogen-bond acceptors (Lipinski definition) is 5. The lowest BCUT2D eigenvalue weighted by Gasteiger charge is -2.34. The molecule has 0 bridgehead atoms. The molecule has 1 aromatic heterocycles. The second-order valence-electron chi connectivity index (χ2n) is 5.94. The molecule has 138 valence electrons. The van der Waals surface area contributed by atoms with Gasteiger partial charge in [-0.3, -0.25) is 9.10 Å². The van der Waals surface area contributed by atoms with E-state index in [9.17, 15) is 26.4 Å². The number of anilines is 2. The maximum Gasteiger partial charge on any atom is 0.416 e. The number of benzene rings is 1. The number of nitrogens with zero attached hydrogens (tertiary/aromatic N) is 2. The van der Waals surface area contributed by atoms with Gasteiger partial charge in [0.25, 0.3) is 10.0 Å². The number of nitrogens with two attached hydrogens (primary N) is 1. The van der Waals surface area contributed by atoms with Crippen LogP contribution in [0.25, 0.3) is 0 Å². The van der Waals surface area contributed by atoms with Gasteiger partial charge in [0, 0.05) is 6.42 Å². The highest BCUT2D eigenvalue weighted by Crippen LogP contribution is 2.37. The maximum absolute atomic E-state index is 13.0. The van der Waals surface area contributed by atoms with Crippen molar-refractivity contribution in [2.24, 2.45) is 0 Å². The third-order valence-corrected chi connectivity index (χ3v) is 5.91. The average molecular weight is 385 g/mol. The first-order valence-electron chi connectivity index (χ1n) is 7.52. The number of halogens is 3. The highest BCUT2D eigenvalue weighted by Gasteiger charge is 2.39. The van der Waals surface area contributed by atoms with Crippen molar-refractivity contribution in [1.82, 2.24) is 4.98 Å². The number of alkyl halides is 3. The summed E-state index contributed by atoms with van der Waals surface area (Å²) in [6, 6.07) is 3.94. The first kappa shape index (κ1) is 18.2. The Morgan fingerprint density at radius 1 is 1.27 bits per heavy atom. The van der Waals surface area contributed by atoms with E-state index in [1.807, 2.05) is 0 Å². The van der Waals surface area contributed by atoms with Crippen LogP contribution in [0.15, 0.2) is 41.4 Å². The van der Waals surface area contributed by atoms with Crippen LogP contribution in [0.2, 0.25) is 0 Å². The molecule has 0 unspecified atom stereocenters. The maximum atomic E-state index is 13.0. The summed E-state index contributed by atoms with van der Waals surface area (Å²) in [5, 5.41) is 0. The largest absolute Gasteiger partial charge is 0.416 e. The van der Waals surface area contributed by atoms with Crippen molar-refractivity contribution < 1.29 is 26.4 Å². The van der Waals surface area contributed by atoms with Gasteiger partial charge in [0.1, 0.15) is 5.69 Å². The molecule has 1 atom stereocenters. The molecule has 3 rings (SSSR count). The Labute approximate surface area is 147 Å². The highest BCUT2D eigenvalue weighted by molar-refractivity contribution is 7.92. The molecule has 10 heteroatoms. The van der Waals surface area contributed by atoms with Crippen LogP contribution >= 0.6 is 0 Å². The lowest BCUT2D eigenvalue weighted by molar-refractivity contribution is -0.137. The normalized spacial score (nSPS) is 17.9. The molecule has 1 aliphatic rings. The molecule has 0 aliphatic carbocycles. The van der Waals surface area contributed by atoms with Crippen LogP contribution in [0.4, 0.5) is 24.5 Å². The fraction of sp³-hybridized carbons (Fsp3) is 0.250. The third kappa shape index (κ3) is 3.00. The van der Waals surface area contributed by atoms with Crippen molar-refractivity contribution in [3.63, 3.8) is 0 Å². The minimum absolute atomic E-state index is 0.0360. The fourth-order valence-electron chi connectivity index (χ4n) is 2.85. The van der Waals surface area contributed by atoms with Gasteiger partial charge in [-0.15, -0.1) is 0 Å². The van der Waals surface area contributed by atoms with E-state index in [1.165, 1.54) is 19.2 Å². The Hall–Kier alpha value is -2.62. The summed E-state index contributed by atoms with van der Waals surface area (Å²) < 4.78 is 65.8. The molecule has 2 aromatic rings.